The summed E-state index contributed by atoms with van der Waals surface area (Å²) in [5.74, 6) is -0.0363. The fourth-order valence-corrected chi connectivity index (χ4v) is 2.98. The van der Waals surface area contributed by atoms with Gasteiger partial charge in [0.1, 0.15) is 0 Å². The summed E-state index contributed by atoms with van der Waals surface area (Å²) < 4.78 is 30.6. The van der Waals surface area contributed by atoms with Crippen LogP contribution >= 0.6 is 0 Å². The molecule has 0 bridgehead atoms. The number of anilines is 1. The lowest BCUT2D eigenvalue weighted by Gasteiger charge is -2.16. The Labute approximate surface area is 135 Å². The molecule has 2 aromatic rings. The summed E-state index contributed by atoms with van der Waals surface area (Å²) in [7, 11) is -0.855. The summed E-state index contributed by atoms with van der Waals surface area (Å²) in [6.07, 6.45) is 1.43. The summed E-state index contributed by atoms with van der Waals surface area (Å²) in [5.41, 5.74) is 0.460. The Kier molecular flexibility index (Phi) is 5.30. The number of carbonyl (C=O) groups is 1. The highest BCUT2D eigenvalue weighted by atomic mass is 32.2. The van der Waals surface area contributed by atoms with Gasteiger partial charge in [-0.15, -0.1) is 0 Å². The summed E-state index contributed by atoms with van der Waals surface area (Å²) in [6.45, 7) is -0.302. The lowest BCUT2D eigenvalue weighted by atomic mass is 10.4. The van der Waals surface area contributed by atoms with Crippen molar-refractivity contribution in [1.82, 2.24) is 9.29 Å². The van der Waals surface area contributed by atoms with E-state index < -0.39 is 15.9 Å². The van der Waals surface area contributed by atoms with Crippen LogP contribution in [0.4, 0.5) is 5.69 Å². The van der Waals surface area contributed by atoms with Gasteiger partial charge >= 0.3 is 0 Å². The number of amides is 1. The van der Waals surface area contributed by atoms with E-state index in [4.69, 9.17) is 4.74 Å². The van der Waals surface area contributed by atoms with Crippen molar-refractivity contribution in [3.8, 4) is 5.88 Å². The molecular formula is C15H17N3O4S. The molecule has 0 aliphatic rings. The number of nitrogens with zero attached hydrogens (tertiary/aromatic N) is 2. The molecule has 0 saturated heterocycles. The van der Waals surface area contributed by atoms with Crippen LogP contribution < -0.4 is 10.1 Å². The van der Waals surface area contributed by atoms with Crippen LogP contribution in [0.15, 0.2) is 53.6 Å². The molecule has 0 atom stereocenters. The highest BCUT2D eigenvalue weighted by Gasteiger charge is 2.22. The van der Waals surface area contributed by atoms with E-state index in [0.29, 0.717) is 11.6 Å². The average molecular weight is 335 g/mol. The van der Waals surface area contributed by atoms with Gasteiger partial charge in [0.05, 0.1) is 30.4 Å². The lowest BCUT2D eigenvalue weighted by Crippen LogP contribution is -2.34. The van der Waals surface area contributed by atoms with E-state index in [0.717, 1.165) is 4.31 Å². The number of benzene rings is 1. The van der Waals surface area contributed by atoms with Crippen LogP contribution in [-0.4, -0.2) is 44.3 Å². The zero-order chi connectivity index (χ0) is 16.9. The van der Waals surface area contributed by atoms with Crippen molar-refractivity contribution in [1.29, 1.82) is 0 Å². The summed E-state index contributed by atoms with van der Waals surface area (Å²) in [4.78, 5) is 16.1. The number of carbonyl (C=O) groups excluding carboxylic acids is 1. The summed E-state index contributed by atoms with van der Waals surface area (Å²) in [6, 6.07) is 11.2. The predicted molar refractivity (Wildman–Crippen MR) is 85.7 cm³/mol. The number of ether oxygens (including phenoxy) is 1. The molecule has 0 aliphatic carbocycles. The fourth-order valence-electron chi connectivity index (χ4n) is 1.84. The van der Waals surface area contributed by atoms with Gasteiger partial charge in [-0.2, -0.15) is 4.31 Å². The van der Waals surface area contributed by atoms with E-state index in [1.165, 1.54) is 32.5 Å². The standard InChI is InChI=1S/C15H17N3O4S/c1-18(23(20,21)13-6-4-3-5-7-13)11-14(19)17-12-8-9-15(22-2)16-10-12/h3-10H,11H2,1-2H3,(H,17,19). The van der Waals surface area contributed by atoms with E-state index in [-0.39, 0.29) is 11.4 Å². The molecule has 2 rings (SSSR count). The van der Waals surface area contributed by atoms with Gasteiger partial charge in [-0.3, -0.25) is 4.79 Å². The first-order chi connectivity index (χ1) is 10.9. The molecule has 122 valence electrons. The van der Waals surface area contributed by atoms with E-state index in [2.05, 4.69) is 10.3 Å². The van der Waals surface area contributed by atoms with Crippen LogP contribution in [0.1, 0.15) is 0 Å². The Balaban J connectivity index is 2.01. The molecule has 1 amide bonds. The second kappa shape index (κ2) is 7.21. The Morgan fingerprint density at radius 1 is 1.22 bits per heavy atom. The van der Waals surface area contributed by atoms with Crippen LogP contribution in [0.2, 0.25) is 0 Å². The molecule has 0 unspecified atom stereocenters. The molecule has 7 nitrogen and oxygen atoms in total. The highest BCUT2D eigenvalue weighted by molar-refractivity contribution is 7.89. The first-order valence-corrected chi connectivity index (χ1v) is 8.19. The van der Waals surface area contributed by atoms with Gasteiger partial charge in [-0.1, -0.05) is 18.2 Å². The number of nitrogens with one attached hydrogen (secondary N) is 1. The molecule has 0 saturated carbocycles. The zero-order valence-electron chi connectivity index (χ0n) is 12.8. The average Bonchev–Trinajstić information content (AvgIpc) is 2.56. The molecule has 8 heteroatoms. The van der Waals surface area contributed by atoms with Gasteiger partial charge in [0.15, 0.2) is 0 Å². The van der Waals surface area contributed by atoms with Crippen molar-refractivity contribution in [3.63, 3.8) is 0 Å². The first kappa shape index (κ1) is 16.9. The van der Waals surface area contributed by atoms with Crippen LogP contribution in [-0.2, 0) is 14.8 Å². The number of hydrogen-bond acceptors (Lipinski definition) is 5. The number of methoxy groups -OCH3 is 1. The maximum absolute atomic E-state index is 12.3. The first-order valence-electron chi connectivity index (χ1n) is 6.75. The number of pyridine rings is 1. The molecule has 1 aromatic heterocycles. The summed E-state index contributed by atoms with van der Waals surface area (Å²) in [5, 5.41) is 2.58. The maximum atomic E-state index is 12.3. The second-order valence-corrected chi connectivity index (χ2v) is 6.76. The zero-order valence-corrected chi connectivity index (χ0v) is 13.6. The van der Waals surface area contributed by atoms with E-state index >= 15 is 0 Å². The minimum absolute atomic E-state index is 0.140. The monoisotopic (exact) mass is 335 g/mol. The SMILES string of the molecule is COc1ccc(NC(=O)CN(C)S(=O)(=O)c2ccccc2)cn1. The predicted octanol–water partition coefficient (Wildman–Crippen LogP) is 1.35. The van der Waals surface area contributed by atoms with E-state index in [1.54, 1.807) is 30.3 Å². The number of likely N-dealkylation sites (N-methyl/N-ethyl adjacent to an activating group) is 1. The van der Waals surface area contributed by atoms with Crippen LogP contribution in [0.5, 0.6) is 5.88 Å². The van der Waals surface area contributed by atoms with Crippen LogP contribution in [0.25, 0.3) is 0 Å². The fraction of sp³-hybridized carbons (Fsp3) is 0.200. The highest BCUT2D eigenvalue weighted by Crippen LogP contribution is 2.14. The normalized spacial score (nSPS) is 11.3. The Morgan fingerprint density at radius 3 is 2.48 bits per heavy atom. The van der Waals surface area contributed by atoms with Gasteiger partial charge in [-0.25, -0.2) is 13.4 Å². The Bertz CT molecular complexity index is 761. The topological polar surface area (TPSA) is 88.6 Å². The van der Waals surface area contributed by atoms with Crippen molar-refractivity contribution in [3.05, 3.63) is 48.7 Å². The molecular weight excluding hydrogens is 318 g/mol. The van der Waals surface area contributed by atoms with Gasteiger partial charge in [0.2, 0.25) is 21.8 Å². The van der Waals surface area contributed by atoms with Crippen molar-refractivity contribution in [2.45, 2.75) is 4.90 Å². The van der Waals surface area contributed by atoms with Crippen LogP contribution in [0, 0.1) is 0 Å². The molecule has 1 N–H and O–H groups in total. The molecule has 0 fully saturated rings. The van der Waals surface area contributed by atoms with E-state index in [9.17, 15) is 13.2 Å². The van der Waals surface area contributed by atoms with Crippen LogP contribution in [0.3, 0.4) is 0 Å². The van der Waals surface area contributed by atoms with Crippen molar-refractivity contribution < 1.29 is 17.9 Å². The number of aromatic nitrogens is 1. The molecule has 1 aromatic carbocycles. The quantitative estimate of drug-likeness (QED) is 0.861. The third-order valence-electron chi connectivity index (χ3n) is 3.05. The van der Waals surface area contributed by atoms with E-state index in [1.807, 2.05) is 0 Å². The number of rotatable bonds is 6. The third kappa shape index (κ3) is 4.27. The van der Waals surface area contributed by atoms with Gasteiger partial charge in [0.25, 0.3) is 0 Å². The number of hydrogen-bond donors (Lipinski definition) is 1. The minimum atomic E-state index is -3.70. The number of sulfonamides is 1. The lowest BCUT2D eigenvalue weighted by molar-refractivity contribution is -0.116. The Hall–Kier alpha value is -2.45. The van der Waals surface area contributed by atoms with Gasteiger partial charge in [0, 0.05) is 13.1 Å². The van der Waals surface area contributed by atoms with Gasteiger partial charge < -0.3 is 10.1 Å². The smallest absolute Gasteiger partial charge is 0.243 e. The third-order valence-corrected chi connectivity index (χ3v) is 4.86. The summed E-state index contributed by atoms with van der Waals surface area (Å²) >= 11 is 0. The van der Waals surface area contributed by atoms with Crippen molar-refractivity contribution in [2.24, 2.45) is 0 Å². The van der Waals surface area contributed by atoms with Crippen molar-refractivity contribution >= 4 is 21.6 Å². The Morgan fingerprint density at radius 2 is 1.91 bits per heavy atom. The minimum Gasteiger partial charge on any atom is -0.481 e. The molecule has 0 aliphatic heterocycles. The molecule has 0 spiro atoms. The van der Waals surface area contributed by atoms with Gasteiger partial charge in [-0.05, 0) is 18.2 Å². The maximum Gasteiger partial charge on any atom is 0.243 e. The van der Waals surface area contributed by atoms with Crippen molar-refractivity contribution in [2.75, 3.05) is 26.0 Å². The molecule has 0 radical (unpaired) electrons. The molecule has 23 heavy (non-hydrogen) atoms. The second-order valence-electron chi connectivity index (χ2n) is 4.71. The largest absolute Gasteiger partial charge is 0.481 e. The molecule has 1 heterocycles.